The average Bonchev–Trinajstić information content (AvgIpc) is 3.18. The van der Waals surface area contributed by atoms with Gasteiger partial charge >= 0.3 is 11.9 Å². The second kappa shape index (κ2) is 9.39. The molecule has 1 N–H and O–H groups in total. The molecule has 1 aliphatic rings. The van der Waals surface area contributed by atoms with Crippen molar-refractivity contribution >= 4 is 41.0 Å². The quantitative estimate of drug-likeness (QED) is 0.623. The zero-order valence-corrected chi connectivity index (χ0v) is 18.6. The number of carbonyl (C=O) groups excluding carboxylic acids is 4. The second-order valence-corrected chi connectivity index (χ2v) is 7.61. The average molecular weight is 463 g/mol. The van der Waals surface area contributed by atoms with Crippen LogP contribution in [-0.2, 0) is 25.6 Å². The van der Waals surface area contributed by atoms with Gasteiger partial charge in [0.25, 0.3) is 5.91 Å². The first kappa shape index (κ1) is 23.3. The van der Waals surface area contributed by atoms with Gasteiger partial charge in [-0.3, -0.25) is 24.0 Å². The lowest BCUT2D eigenvalue weighted by molar-refractivity contribution is -0.144. The maximum Gasteiger partial charge on any atom is 0.358 e. The molecule has 0 aliphatic carbocycles. The highest BCUT2D eigenvalue weighted by atomic mass is 35.5. The van der Waals surface area contributed by atoms with Crippen LogP contribution in [0.2, 0.25) is 5.02 Å². The Morgan fingerprint density at radius 2 is 1.81 bits per heavy atom. The fourth-order valence-corrected chi connectivity index (χ4v) is 3.56. The van der Waals surface area contributed by atoms with Crippen LogP contribution in [-0.4, -0.2) is 58.8 Å². The van der Waals surface area contributed by atoms with E-state index in [1.54, 1.807) is 45.0 Å². The molecule has 3 rings (SSSR count). The molecule has 0 saturated heterocycles. The van der Waals surface area contributed by atoms with Gasteiger partial charge in [0.2, 0.25) is 5.91 Å². The molecular weight excluding hydrogens is 440 g/mol. The monoisotopic (exact) mass is 462 g/mol. The lowest BCUT2D eigenvalue weighted by Crippen LogP contribution is -2.65. The first-order valence-electron chi connectivity index (χ1n) is 10.00. The Hall–Kier alpha value is -3.40. The van der Waals surface area contributed by atoms with Crippen LogP contribution in [0.4, 0.5) is 5.69 Å². The molecule has 0 saturated carbocycles. The maximum atomic E-state index is 13.5. The molecule has 1 atom stereocenters. The van der Waals surface area contributed by atoms with Gasteiger partial charge in [0.15, 0.2) is 5.69 Å². The second-order valence-electron chi connectivity index (χ2n) is 7.17. The standard InChI is InChI=1S/C21H23ClN4O6/c1-4-31-17(27)11-23-20(30)21(3)12-25-16(10-15(24-25)19(29)32-5-2)18(28)26(21)14-8-6-13(22)7-9-14/h6-10H,4-5,11-12H2,1-3H3,(H,23,30)/t21-/m1/s1. The van der Waals surface area contributed by atoms with E-state index in [-0.39, 0.29) is 37.7 Å². The molecule has 0 spiro atoms. The molecule has 1 aromatic heterocycles. The number of amides is 2. The fraction of sp³-hybridized carbons (Fsp3) is 0.381. The van der Waals surface area contributed by atoms with Crippen molar-refractivity contribution < 1.29 is 28.7 Å². The van der Waals surface area contributed by atoms with E-state index >= 15 is 0 Å². The van der Waals surface area contributed by atoms with Crippen molar-refractivity contribution in [2.75, 3.05) is 24.7 Å². The number of rotatable bonds is 7. The molecule has 1 aliphatic heterocycles. The summed E-state index contributed by atoms with van der Waals surface area (Å²) >= 11 is 5.98. The molecule has 2 amide bonds. The molecule has 170 valence electrons. The Kier molecular flexibility index (Phi) is 6.83. The number of halogens is 1. The van der Waals surface area contributed by atoms with Gasteiger partial charge < -0.3 is 14.8 Å². The van der Waals surface area contributed by atoms with Crippen LogP contribution in [0.3, 0.4) is 0 Å². The van der Waals surface area contributed by atoms with Crippen molar-refractivity contribution in [1.82, 2.24) is 15.1 Å². The number of carbonyl (C=O) groups is 4. The van der Waals surface area contributed by atoms with Crippen LogP contribution in [0, 0.1) is 0 Å². The van der Waals surface area contributed by atoms with Crippen molar-refractivity contribution in [2.24, 2.45) is 0 Å². The van der Waals surface area contributed by atoms with Gasteiger partial charge in [0.05, 0.1) is 19.8 Å². The fourth-order valence-electron chi connectivity index (χ4n) is 3.44. The minimum atomic E-state index is -1.47. The number of hydrogen-bond donors (Lipinski definition) is 1. The molecule has 0 bridgehead atoms. The first-order valence-corrected chi connectivity index (χ1v) is 10.4. The number of hydrogen-bond acceptors (Lipinski definition) is 7. The summed E-state index contributed by atoms with van der Waals surface area (Å²) in [5.41, 5.74) is -0.970. The number of aromatic nitrogens is 2. The van der Waals surface area contributed by atoms with Crippen LogP contribution >= 0.6 is 11.6 Å². The van der Waals surface area contributed by atoms with Crippen LogP contribution in [0.25, 0.3) is 0 Å². The topological polar surface area (TPSA) is 120 Å². The Balaban J connectivity index is 2.01. The Morgan fingerprint density at radius 3 is 2.44 bits per heavy atom. The van der Waals surface area contributed by atoms with Crippen LogP contribution in [0.5, 0.6) is 0 Å². The third-order valence-electron chi connectivity index (χ3n) is 4.91. The normalized spacial score (nSPS) is 17.5. The lowest BCUT2D eigenvalue weighted by Gasteiger charge is -2.43. The van der Waals surface area contributed by atoms with Crippen LogP contribution in [0.1, 0.15) is 41.7 Å². The van der Waals surface area contributed by atoms with Gasteiger partial charge in [-0.1, -0.05) is 11.6 Å². The first-order chi connectivity index (χ1) is 15.2. The summed E-state index contributed by atoms with van der Waals surface area (Å²) in [7, 11) is 0. The Bertz CT molecular complexity index is 1050. The number of ether oxygens (including phenoxy) is 2. The van der Waals surface area contributed by atoms with E-state index in [1.165, 1.54) is 15.6 Å². The van der Waals surface area contributed by atoms with Crippen molar-refractivity contribution in [3.8, 4) is 0 Å². The maximum absolute atomic E-state index is 13.5. The van der Waals surface area contributed by atoms with Gasteiger partial charge in [-0.25, -0.2) is 4.79 Å². The van der Waals surface area contributed by atoms with Crippen molar-refractivity contribution in [2.45, 2.75) is 32.9 Å². The molecule has 2 aromatic rings. The molecule has 0 unspecified atom stereocenters. The van der Waals surface area contributed by atoms with Gasteiger partial charge in [-0.2, -0.15) is 5.10 Å². The smallest absolute Gasteiger partial charge is 0.358 e. The van der Waals surface area contributed by atoms with E-state index in [9.17, 15) is 19.2 Å². The minimum Gasteiger partial charge on any atom is -0.465 e. The highest BCUT2D eigenvalue weighted by molar-refractivity contribution is 6.30. The summed E-state index contributed by atoms with van der Waals surface area (Å²) in [5.74, 6) is -2.41. The Labute approximate surface area is 189 Å². The molecule has 11 heteroatoms. The zero-order valence-electron chi connectivity index (χ0n) is 17.9. The van der Waals surface area contributed by atoms with E-state index in [2.05, 4.69) is 10.4 Å². The molecular formula is C21H23ClN4O6. The summed E-state index contributed by atoms with van der Waals surface area (Å²) in [4.78, 5) is 51.8. The van der Waals surface area contributed by atoms with Crippen molar-refractivity contribution in [1.29, 1.82) is 0 Å². The molecule has 0 fully saturated rings. The van der Waals surface area contributed by atoms with E-state index in [0.29, 0.717) is 10.7 Å². The summed E-state index contributed by atoms with van der Waals surface area (Å²) in [6, 6.07) is 7.73. The number of benzene rings is 1. The largest absolute Gasteiger partial charge is 0.465 e. The summed E-state index contributed by atoms with van der Waals surface area (Å²) in [6.45, 7) is 4.77. The summed E-state index contributed by atoms with van der Waals surface area (Å²) in [6.07, 6.45) is 0. The molecule has 0 radical (unpaired) electrons. The lowest BCUT2D eigenvalue weighted by atomic mass is 9.94. The number of nitrogens with one attached hydrogen (secondary N) is 1. The van der Waals surface area contributed by atoms with E-state index in [0.717, 1.165) is 0 Å². The molecule has 32 heavy (non-hydrogen) atoms. The predicted octanol–water partition coefficient (Wildman–Crippen LogP) is 1.81. The molecule has 2 heterocycles. The third-order valence-corrected chi connectivity index (χ3v) is 5.16. The van der Waals surface area contributed by atoms with Crippen molar-refractivity contribution in [3.05, 3.63) is 46.7 Å². The summed E-state index contributed by atoms with van der Waals surface area (Å²) in [5, 5.41) is 7.15. The summed E-state index contributed by atoms with van der Waals surface area (Å²) < 4.78 is 11.1. The van der Waals surface area contributed by atoms with E-state index in [4.69, 9.17) is 21.1 Å². The van der Waals surface area contributed by atoms with Gasteiger partial charge in [-0.05, 0) is 45.0 Å². The SMILES string of the molecule is CCOC(=O)CNC(=O)[C@@]1(C)Cn2nc(C(=O)OCC)cc2C(=O)N1c1ccc(Cl)cc1. The number of fused-ring (bicyclic) bond motifs is 1. The zero-order chi connectivity index (χ0) is 23.5. The molecule has 10 nitrogen and oxygen atoms in total. The van der Waals surface area contributed by atoms with Gasteiger partial charge in [-0.15, -0.1) is 0 Å². The number of esters is 2. The van der Waals surface area contributed by atoms with Gasteiger partial charge in [0.1, 0.15) is 17.8 Å². The van der Waals surface area contributed by atoms with E-state index < -0.39 is 29.3 Å². The number of nitrogens with zero attached hydrogens (tertiary/aromatic N) is 3. The highest BCUT2D eigenvalue weighted by Gasteiger charge is 2.49. The van der Waals surface area contributed by atoms with Crippen LogP contribution < -0.4 is 10.2 Å². The van der Waals surface area contributed by atoms with Crippen molar-refractivity contribution in [3.63, 3.8) is 0 Å². The highest BCUT2D eigenvalue weighted by Crippen LogP contribution is 2.33. The Morgan fingerprint density at radius 1 is 1.16 bits per heavy atom. The number of anilines is 1. The van der Waals surface area contributed by atoms with Gasteiger partial charge in [0, 0.05) is 16.8 Å². The molecule has 1 aromatic carbocycles. The third kappa shape index (κ3) is 4.45. The minimum absolute atomic E-state index is 0.0394. The predicted molar refractivity (Wildman–Crippen MR) is 114 cm³/mol. The van der Waals surface area contributed by atoms with Crippen LogP contribution in [0.15, 0.2) is 30.3 Å². The van der Waals surface area contributed by atoms with E-state index in [1.807, 2.05) is 0 Å².